The molecule has 15 heavy (non-hydrogen) atoms. The first-order chi connectivity index (χ1) is 7.29. The highest BCUT2D eigenvalue weighted by atomic mass is 14.7. The van der Waals surface area contributed by atoms with Gasteiger partial charge in [-0.3, -0.25) is 4.98 Å². The molecule has 1 heterocycles. The highest BCUT2D eigenvalue weighted by Gasteiger charge is 1.98. The van der Waals surface area contributed by atoms with Crippen LogP contribution >= 0.6 is 0 Å². The Balaban J connectivity index is 2.41. The zero-order valence-corrected chi connectivity index (χ0v) is 8.77. The molecule has 1 heteroatoms. The average Bonchev–Trinajstić information content (AvgIpc) is 2.29. The molecule has 1 aromatic heterocycles. The van der Waals surface area contributed by atoms with Gasteiger partial charge in [0.25, 0.3) is 0 Å². The summed E-state index contributed by atoms with van der Waals surface area (Å²) in [6.07, 6.45) is 3.64. The number of hydrogen-bond donors (Lipinski definition) is 0. The Labute approximate surface area is 90.1 Å². The minimum absolute atomic E-state index is 1.00. The van der Waals surface area contributed by atoms with Gasteiger partial charge in [-0.25, -0.2) is 0 Å². The fraction of sp³-hybridized carbons (Fsp3) is 0.0714. The minimum atomic E-state index is 1.00. The molecule has 0 aliphatic carbocycles. The van der Waals surface area contributed by atoms with E-state index >= 15 is 0 Å². The van der Waals surface area contributed by atoms with Crippen molar-refractivity contribution < 1.29 is 0 Å². The molecule has 0 fully saturated rings. The van der Waals surface area contributed by atoms with Crippen molar-refractivity contribution in [3.63, 3.8) is 0 Å². The van der Waals surface area contributed by atoms with Gasteiger partial charge in [0.15, 0.2) is 0 Å². The predicted molar refractivity (Wildman–Crippen MR) is 64.5 cm³/mol. The second-order valence-electron chi connectivity index (χ2n) is 3.55. The molecule has 0 saturated heterocycles. The van der Waals surface area contributed by atoms with E-state index in [-0.39, 0.29) is 0 Å². The molecule has 0 bridgehead atoms. The molecular weight excluding hydrogens is 182 g/mol. The third-order valence-electron chi connectivity index (χ3n) is 2.34. The maximum atomic E-state index is 4.39. The molecule has 1 aromatic carbocycles. The topological polar surface area (TPSA) is 12.9 Å². The molecule has 2 aromatic rings. The predicted octanol–water partition coefficient (Wildman–Crippen LogP) is 3.70. The van der Waals surface area contributed by atoms with Gasteiger partial charge in [0.1, 0.15) is 0 Å². The average molecular weight is 195 g/mol. The summed E-state index contributed by atoms with van der Waals surface area (Å²) in [4.78, 5) is 4.39. The molecule has 74 valence electrons. The Bertz CT molecular complexity index is 469. The first-order valence-corrected chi connectivity index (χ1v) is 4.95. The van der Waals surface area contributed by atoms with E-state index in [2.05, 4.69) is 36.7 Å². The van der Waals surface area contributed by atoms with Gasteiger partial charge in [-0.15, -0.1) is 0 Å². The van der Waals surface area contributed by atoms with Crippen LogP contribution in [-0.4, -0.2) is 4.98 Å². The normalized spacial score (nSPS) is 9.93. The molecule has 0 N–H and O–H groups in total. The quantitative estimate of drug-likeness (QED) is 0.712. The maximum absolute atomic E-state index is 4.39. The Hall–Kier alpha value is -1.89. The van der Waals surface area contributed by atoms with E-state index in [9.17, 15) is 0 Å². The first-order valence-electron chi connectivity index (χ1n) is 4.95. The highest BCUT2D eigenvalue weighted by Crippen LogP contribution is 2.18. The van der Waals surface area contributed by atoms with E-state index < -0.39 is 0 Å². The molecule has 2 rings (SSSR count). The lowest BCUT2D eigenvalue weighted by molar-refractivity contribution is 1.31. The van der Waals surface area contributed by atoms with Gasteiger partial charge in [0.2, 0.25) is 0 Å². The molecule has 0 aliphatic rings. The van der Waals surface area contributed by atoms with Gasteiger partial charge in [0.05, 0.1) is 5.69 Å². The van der Waals surface area contributed by atoms with Crippen LogP contribution in [0.25, 0.3) is 17.3 Å². The van der Waals surface area contributed by atoms with Gasteiger partial charge < -0.3 is 0 Å². The van der Waals surface area contributed by atoms with Crippen molar-refractivity contribution in [1.29, 1.82) is 0 Å². The van der Waals surface area contributed by atoms with Crippen molar-refractivity contribution in [3.05, 3.63) is 60.3 Å². The van der Waals surface area contributed by atoms with Gasteiger partial charge >= 0.3 is 0 Å². The van der Waals surface area contributed by atoms with Crippen molar-refractivity contribution in [2.45, 2.75) is 6.92 Å². The summed E-state index contributed by atoms with van der Waals surface area (Å²) in [5, 5.41) is 0. The van der Waals surface area contributed by atoms with E-state index in [4.69, 9.17) is 0 Å². The second-order valence-corrected chi connectivity index (χ2v) is 3.55. The number of pyridine rings is 1. The van der Waals surface area contributed by atoms with Crippen LogP contribution in [0.1, 0.15) is 11.1 Å². The monoisotopic (exact) mass is 195 g/mol. The maximum Gasteiger partial charge on any atom is 0.0702 e. The standard InChI is InChI=1S/C14H13N/c1-3-12-7-8-14(15-10-12)13-6-4-5-11(2)9-13/h3-10H,1H2,2H3. The third kappa shape index (κ3) is 2.13. The molecule has 0 aliphatic heterocycles. The molecule has 1 nitrogen and oxygen atoms in total. The number of aryl methyl sites for hydroxylation is 1. The molecule has 0 saturated carbocycles. The number of benzene rings is 1. The summed E-state index contributed by atoms with van der Waals surface area (Å²) in [7, 11) is 0. The number of nitrogens with zero attached hydrogens (tertiary/aromatic N) is 1. The number of aromatic nitrogens is 1. The Morgan fingerprint density at radius 3 is 2.67 bits per heavy atom. The largest absolute Gasteiger partial charge is 0.256 e. The van der Waals surface area contributed by atoms with Crippen molar-refractivity contribution in [2.24, 2.45) is 0 Å². The lowest BCUT2D eigenvalue weighted by atomic mass is 10.1. The van der Waals surface area contributed by atoms with Gasteiger partial charge in [-0.2, -0.15) is 0 Å². The smallest absolute Gasteiger partial charge is 0.0702 e. The Kier molecular flexibility index (Phi) is 2.64. The van der Waals surface area contributed by atoms with Crippen molar-refractivity contribution in [1.82, 2.24) is 4.98 Å². The third-order valence-corrected chi connectivity index (χ3v) is 2.34. The molecular formula is C14H13N. The van der Waals surface area contributed by atoms with Crippen LogP contribution in [0.3, 0.4) is 0 Å². The molecule has 0 amide bonds. The number of rotatable bonds is 2. The molecule has 0 atom stereocenters. The summed E-state index contributed by atoms with van der Waals surface area (Å²) in [5.74, 6) is 0. The SMILES string of the molecule is C=Cc1ccc(-c2cccc(C)c2)nc1. The zero-order chi connectivity index (χ0) is 10.7. The van der Waals surface area contributed by atoms with Crippen LogP contribution < -0.4 is 0 Å². The fourth-order valence-corrected chi connectivity index (χ4v) is 1.50. The Morgan fingerprint density at radius 1 is 1.20 bits per heavy atom. The number of hydrogen-bond acceptors (Lipinski definition) is 1. The van der Waals surface area contributed by atoms with Gasteiger partial charge in [0, 0.05) is 11.8 Å². The summed E-state index contributed by atoms with van der Waals surface area (Å²) < 4.78 is 0. The van der Waals surface area contributed by atoms with E-state index in [1.807, 2.05) is 24.4 Å². The highest BCUT2D eigenvalue weighted by molar-refractivity contribution is 5.61. The Morgan fingerprint density at radius 2 is 2.07 bits per heavy atom. The zero-order valence-electron chi connectivity index (χ0n) is 8.77. The summed E-state index contributed by atoms with van der Waals surface area (Å²) in [6, 6.07) is 12.4. The summed E-state index contributed by atoms with van der Waals surface area (Å²) in [5.41, 5.74) is 4.46. The van der Waals surface area contributed by atoms with E-state index in [0.717, 1.165) is 16.8 Å². The first kappa shape index (κ1) is 9.66. The van der Waals surface area contributed by atoms with Crippen LogP contribution in [0.2, 0.25) is 0 Å². The lowest BCUT2D eigenvalue weighted by Gasteiger charge is -2.02. The van der Waals surface area contributed by atoms with E-state index in [1.54, 1.807) is 6.08 Å². The summed E-state index contributed by atoms with van der Waals surface area (Å²) in [6.45, 7) is 5.79. The van der Waals surface area contributed by atoms with Gasteiger partial charge in [-0.1, -0.05) is 42.5 Å². The van der Waals surface area contributed by atoms with Crippen molar-refractivity contribution >= 4 is 6.08 Å². The van der Waals surface area contributed by atoms with Crippen LogP contribution in [0.15, 0.2) is 49.2 Å². The molecule has 0 unspecified atom stereocenters. The van der Waals surface area contributed by atoms with Crippen molar-refractivity contribution in [3.8, 4) is 11.3 Å². The van der Waals surface area contributed by atoms with Crippen LogP contribution in [0.4, 0.5) is 0 Å². The fourth-order valence-electron chi connectivity index (χ4n) is 1.50. The van der Waals surface area contributed by atoms with Gasteiger partial charge in [-0.05, 0) is 24.6 Å². The van der Waals surface area contributed by atoms with Crippen LogP contribution in [0.5, 0.6) is 0 Å². The van der Waals surface area contributed by atoms with Crippen LogP contribution in [0, 0.1) is 6.92 Å². The van der Waals surface area contributed by atoms with E-state index in [0.29, 0.717) is 0 Å². The minimum Gasteiger partial charge on any atom is -0.256 e. The van der Waals surface area contributed by atoms with Crippen LogP contribution in [-0.2, 0) is 0 Å². The summed E-state index contributed by atoms with van der Waals surface area (Å²) >= 11 is 0. The molecule has 0 radical (unpaired) electrons. The molecule has 0 spiro atoms. The second kappa shape index (κ2) is 4.09. The van der Waals surface area contributed by atoms with Crippen molar-refractivity contribution in [2.75, 3.05) is 0 Å². The van der Waals surface area contributed by atoms with E-state index in [1.165, 1.54) is 5.56 Å². The lowest BCUT2D eigenvalue weighted by Crippen LogP contribution is -1.84.